The van der Waals surface area contributed by atoms with E-state index in [1.165, 1.54) is 18.2 Å². The van der Waals surface area contributed by atoms with E-state index in [1.54, 1.807) is 43.4 Å². The summed E-state index contributed by atoms with van der Waals surface area (Å²) in [5.74, 6) is -2.11. The maximum absolute atomic E-state index is 12.3. The number of halogens is 4. The highest BCUT2D eigenvalue weighted by Gasteiger charge is 2.38. The number of alkyl halides is 3. The lowest BCUT2D eigenvalue weighted by Gasteiger charge is -2.10. The fraction of sp³-hybridized carbons (Fsp3) is 0.211. The van der Waals surface area contributed by atoms with E-state index in [0.29, 0.717) is 22.0 Å². The molecule has 154 valence electrons. The Morgan fingerprint density at radius 2 is 1.90 bits per heavy atom. The van der Waals surface area contributed by atoms with Gasteiger partial charge in [-0.15, -0.1) is 0 Å². The molecular formula is C19H17ClF3N3O3. The number of amides is 2. The third-order valence-electron chi connectivity index (χ3n) is 3.64. The van der Waals surface area contributed by atoms with Crippen molar-refractivity contribution < 1.29 is 27.5 Å². The molecule has 0 aliphatic rings. The standard InChI is InChI=1S/C19H17ClF3N3O3/c1-11-8-14(20)6-7-16(11)29-10-17(27)26-25-12(2)13-4-3-5-15(9-13)24-18(28)19(21,22)23/h3-9H,10H2,1-2H3,(H,24,28)(H,26,27). The Kier molecular flexibility index (Phi) is 7.22. The van der Waals surface area contributed by atoms with E-state index in [4.69, 9.17) is 16.3 Å². The Hall–Kier alpha value is -3.07. The predicted molar refractivity (Wildman–Crippen MR) is 103 cm³/mol. The largest absolute Gasteiger partial charge is 0.483 e. The van der Waals surface area contributed by atoms with Crippen molar-refractivity contribution in [2.75, 3.05) is 11.9 Å². The van der Waals surface area contributed by atoms with E-state index in [0.717, 1.165) is 5.56 Å². The van der Waals surface area contributed by atoms with Crippen LogP contribution in [0.4, 0.5) is 18.9 Å². The fourth-order valence-electron chi connectivity index (χ4n) is 2.19. The van der Waals surface area contributed by atoms with Crippen molar-refractivity contribution in [3.63, 3.8) is 0 Å². The summed E-state index contributed by atoms with van der Waals surface area (Å²) in [6.45, 7) is 3.04. The second-order valence-electron chi connectivity index (χ2n) is 5.96. The normalized spacial score (nSPS) is 11.7. The van der Waals surface area contributed by atoms with Crippen molar-refractivity contribution in [1.29, 1.82) is 0 Å². The van der Waals surface area contributed by atoms with Crippen LogP contribution in [0.2, 0.25) is 5.02 Å². The molecule has 0 aliphatic carbocycles. The molecule has 0 unspecified atom stereocenters. The number of aryl methyl sites for hydroxylation is 1. The summed E-state index contributed by atoms with van der Waals surface area (Å²) >= 11 is 5.85. The lowest BCUT2D eigenvalue weighted by Crippen LogP contribution is -2.30. The zero-order valence-corrected chi connectivity index (χ0v) is 16.2. The van der Waals surface area contributed by atoms with Gasteiger partial charge in [0, 0.05) is 10.7 Å². The molecule has 0 spiro atoms. The monoisotopic (exact) mass is 427 g/mol. The molecule has 6 nitrogen and oxygen atoms in total. The van der Waals surface area contributed by atoms with Crippen molar-refractivity contribution in [1.82, 2.24) is 5.43 Å². The molecule has 2 aromatic rings. The van der Waals surface area contributed by atoms with Gasteiger partial charge in [0.25, 0.3) is 5.91 Å². The minimum atomic E-state index is -4.99. The number of hydrazone groups is 1. The first-order valence-electron chi connectivity index (χ1n) is 8.27. The molecule has 0 aromatic heterocycles. The summed E-state index contributed by atoms with van der Waals surface area (Å²) in [6, 6.07) is 10.6. The first-order valence-corrected chi connectivity index (χ1v) is 8.65. The van der Waals surface area contributed by atoms with Crippen LogP contribution in [0.3, 0.4) is 0 Å². The van der Waals surface area contributed by atoms with Crippen LogP contribution in [-0.4, -0.2) is 30.3 Å². The Labute approximate surface area is 169 Å². The molecule has 2 N–H and O–H groups in total. The minimum Gasteiger partial charge on any atom is -0.483 e. The molecule has 0 saturated carbocycles. The highest BCUT2D eigenvalue weighted by atomic mass is 35.5. The van der Waals surface area contributed by atoms with Gasteiger partial charge in [-0.25, -0.2) is 5.43 Å². The Balaban J connectivity index is 1.95. The van der Waals surface area contributed by atoms with E-state index in [1.807, 2.05) is 0 Å². The van der Waals surface area contributed by atoms with Gasteiger partial charge in [0.15, 0.2) is 6.61 Å². The number of nitrogens with zero attached hydrogens (tertiary/aromatic N) is 1. The van der Waals surface area contributed by atoms with Crippen LogP contribution in [0.1, 0.15) is 18.1 Å². The van der Waals surface area contributed by atoms with E-state index in [2.05, 4.69) is 10.5 Å². The SMILES string of the molecule is CC(=NNC(=O)COc1ccc(Cl)cc1C)c1cccc(NC(=O)C(F)(F)F)c1. The second kappa shape index (κ2) is 9.42. The second-order valence-corrected chi connectivity index (χ2v) is 6.40. The van der Waals surface area contributed by atoms with Crippen LogP contribution in [0, 0.1) is 6.92 Å². The van der Waals surface area contributed by atoms with Crippen molar-refractivity contribution in [3.8, 4) is 5.75 Å². The van der Waals surface area contributed by atoms with Gasteiger partial charge in [-0.1, -0.05) is 23.7 Å². The van der Waals surface area contributed by atoms with Crippen LogP contribution in [0.25, 0.3) is 0 Å². The molecule has 0 aliphatic heterocycles. The Morgan fingerprint density at radius 1 is 1.17 bits per heavy atom. The first-order chi connectivity index (χ1) is 13.6. The number of anilines is 1. The van der Waals surface area contributed by atoms with E-state index >= 15 is 0 Å². The fourth-order valence-corrected chi connectivity index (χ4v) is 2.41. The number of hydrogen-bond acceptors (Lipinski definition) is 4. The molecule has 0 saturated heterocycles. The first kappa shape index (κ1) is 22.2. The zero-order valence-electron chi connectivity index (χ0n) is 15.4. The van der Waals surface area contributed by atoms with Crippen LogP contribution in [-0.2, 0) is 9.59 Å². The summed E-state index contributed by atoms with van der Waals surface area (Å²) in [6.07, 6.45) is -4.99. The number of ether oxygens (including phenoxy) is 1. The highest BCUT2D eigenvalue weighted by molar-refractivity contribution is 6.30. The van der Waals surface area contributed by atoms with Crippen molar-refractivity contribution >= 4 is 34.8 Å². The van der Waals surface area contributed by atoms with Gasteiger partial charge >= 0.3 is 12.1 Å². The van der Waals surface area contributed by atoms with Crippen molar-refractivity contribution in [3.05, 3.63) is 58.6 Å². The van der Waals surface area contributed by atoms with Gasteiger partial charge in [-0.05, 0) is 55.3 Å². The lowest BCUT2D eigenvalue weighted by atomic mass is 10.1. The molecule has 2 aromatic carbocycles. The number of benzene rings is 2. The predicted octanol–water partition coefficient (Wildman–Crippen LogP) is 4.07. The topological polar surface area (TPSA) is 79.8 Å². The molecule has 29 heavy (non-hydrogen) atoms. The van der Waals surface area contributed by atoms with E-state index in [-0.39, 0.29) is 12.3 Å². The average Bonchev–Trinajstić information content (AvgIpc) is 2.64. The molecule has 10 heteroatoms. The molecular weight excluding hydrogens is 411 g/mol. The molecule has 2 amide bonds. The summed E-state index contributed by atoms with van der Waals surface area (Å²) < 4.78 is 42.4. The van der Waals surface area contributed by atoms with Gasteiger partial charge in [0.1, 0.15) is 5.75 Å². The summed E-state index contributed by atoms with van der Waals surface area (Å²) in [5.41, 5.74) is 3.75. The Bertz CT molecular complexity index is 946. The van der Waals surface area contributed by atoms with Gasteiger partial charge in [0.2, 0.25) is 0 Å². The molecule has 0 fully saturated rings. The molecule has 0 atom stereocenters. The lowest BCUT2D eigenvalue weighted by molar-refractivity contribution is -0.167. The summed E-state index contributed by atoms with van der Waals surface area (Å²) in [5, 5.41) is 6.20. The van der Waals surface area contributed by atoms with E-state index in [9.17, 15) is 22.8 Å². The maximum Gasteiger partial charge on any atom is 0.471 e. The van der Waals surface area contributed by atoms with Crippen LogP contribution >= 0.6 is 11.6 Å². The smallest absolute Gasteiger partial charge is 0.471 e. The highest BCUT2D eigenvalue weighted by Crippen LogP contribution is 2.22. The van der Waals surface area contributed by atoms with E-state index < -0.39 is 18.0 Å². The van der Waals surface area contributed by atoms with Crippen LogP contribution in [0.15, 0.2) is 47.6 Å². The summed E-state index contributed by atoms with van der Waals surface area (Å²) in [4.78, 5) is 22.9. The van der Waals surface area contributed by atoms with Gasteiger partial charge in [-0.2, -0.15) is 18.3 Å². The van der Waals surface area contributed by atoms with Gasteiger partial charge in [-0.3, -0.25) is 9.59 Å². The molecule has 2 rings (SSSR count). The third-order valence-corrected chi connectivity index (χ3v) is 3.87. The zero-order chi connectivity index (χ0) is 21.6. The molecule has 0 bridgehead atoms. The number of nitrogens with one attached hydrogen (secondary N) is 2. The Morgan fingerprint density at radius 3 is 2.55 bits per heavy atom. The minimum absolute atomic E-state index is 0.0488. The number of rotatable bonds is 6. The number of carbonyl (C=O) groups excluding carboxylic acids is 2. The molecule has 0 heterocycles. The number of hydrogen-bond donors (Lipinski definition) is 2. The van der Waals surface area contributed by atoms with Crippen LogP contribution in [0.5, 0.6) is 5.75 Å². The van der Waals surface area contributed by atoms with Crippen molar-refractivity contribution in [2.24, 2.45) is 5.10 Å². The van der Waals surface area contributed by atoms with Gasteiger partial charge < -0.3 is 10.1 Å². The summed E-state index contributed by atoms with van der Waals surface area (Å²) in [7, 11) is 0. The van der Waals surface area contributed by atoms with Gasteiger partial charge in [0.05, 0.1) is 5.71 Å². The molecule has 0 radical (unpaired) electrons. The average molecular weight is 428 g/mol. The van der Waals surface area contributed by atoms with Crippen LogP contribution < -0.4 is 15.5 Å². The number of carbonyl (C=O) groups is 2. The quantitative estimate of drug-likeness (QED) is 0.538. The third kappa shape index (κ3) is 6.79. The maximum atomic E-state index is 12.3. The van der Waals surface area contributed by atoms with Crippen molar-refractivity contribution in [2.45, 2.75) is 20.0 Å².